The molecule has 2 aromatic carbocycles. The summed E-state index contributed by atoms with van der Waals surface area (Å²) in [6.45, 7) is 5.59. The fourth-order valence-corrected chi connectivity index (χ4v) is 2.19. The minimum atomic E-state index is -0.689. The molecule has 2 nitrogen and oxygen atoms in total. The molecule has 0 saturated carbocycles. The fraction of sp³-hybridized carbons (Fsp3) is 0.278. The van der Waals surface area contributed by atoms with Crippen molar-refractivity contribution in [2.24, 2.45) is 7.05 Å². The molecule has 0 saturated heterocycles. The lowest BCUT2D eigenvalue weighted by molar-refractivity contribution is 0.568. The summed E-state index contributed by atoms with van der Waals surface area (Å²) in [5.74, 6) is -1.93. The van der Waals surface area contributed by atoms with Crippen LogP contribution >= 0.6 is 0 Å². The summed E-state index contributed by atoms with van der Waals surface area (Å²) in [6.07, 6.45) is 2.97. The first kappa shape index (κ1) is 17.1. The maximum atomic E-state index is 14.1. The number of aromatic nitrogens is 2. The predicted molar refractivity (Wildman–Crippen MR) is 86.7 cm³/mol. The molecule has 0 atom stereocenters. The van der Waals surface area contributed by atoms with Gasteiger partial charge in [0.2, 0.25) is 0 Å². The molecule has 3 rings (SSSR count). The van der Waals surface area contributed by atoms with Crippen LogP contribution in [0.25, 0.3) is 22.0 Å². The molecule has 0 aliphatic carbocycles. The van der Waals surface area contributed by atoms with Crippen molar-refractivity contribution < 1.29 is 13.2 Å². The highest BCUT2D eigenvalue weighted by atomic mass is 19.1. The van der Waals surface area contributed by atoms with Crippen molar-refractivity contribution in [2.45, 2.75) is 27.2 Å². The lowest BCUT2D eigenvalue weighted by Gasteiger charge is -2.06. The lowest BCUT2D eigenvalue weighted by atomic mass is 10.0. The molecule has 122 valence electrons. The van der Waals surface area contributed by atoms with E-state index < -0.39 is 17.5 Å². The fourth-order valence-electron chi connectivity index (χ4n) is 2.19. The van der Waals surface area contributed by atoms with Crippen LogP contribution in [0.1, 0.15) is 25.8 Å². The number of aryl methyl sites for hydroxylation is 1. The molecule has 1 aromatic heterocycles. The van der Waals surface area contributed by atoms with Gasteiger partial charge in [0.25, 0.3) is 0 Å². The van der Waals surface area contributed by atoms with E-state index >= 15 is 0 Å². The van der Waals surface area contributed by atoms with Gasteiger partial charge in [-0.2, -0.15) is 5.10 Å². The third kappa shape index (κ3) is 3.55. The number of nitrogens with zero attached hydrogens (tertiary/aromatic N) is 2. The van der Waals surface area contributed by atoms with Gasteiger partial charge >= 0.3 is 0 Å². The van der Waals surface area contributed by atoms with E-state index in [1.54, 1.807) is 24.0 Å². The summed E-state index contributed by atoms with van der Waals surface area (Å²) in [4.78, 5) is 0. The molecule has 0 aliphatic rings. The smallest absolute Gasteiger partial charge is 0.133 e. The minimum Gasteiger partial charge on any atom is -0.275 e. The molecule has 0 aliphatic heterocycles. The summed E-state index contributed by atoms with van der Waals surface area (Å²) in [5, 5.41) is 4.80. The maximum absolute atomic E-state index is 14.1. The number of hydrogen-bond acceptors (Lipinski definition) is 1. The van der Waals surface area contributed by atoms with Gasteiger partial charge in [-0.05, 0) is 30.7 Å². The van der Waals surface area contributed by atoms with E-state index in [-0.39, 0.29) is 16.7 Å². The minimum absolute atomic E-state index is 0.0726. The van der Waals surface area contributed by atoms with Crippen LogP contribution in [0.4, 0.5) is 13.2 Å². The lowest BCUT2D eigenvalue weighted by Crippen LogP contribution is -1.92. The molecular weight excluding hydrogens is 301 g/mol. The van der Waals surface area contributed by atoms with Gasteiger partial charge in [0.15, 0.2) is 0 Å². The topological polar surface area (TPSA) is 17.8 Å². The van der Waals surface area contributed by atoms with Crippen molar-refractivity contribution in [1.82, 2.24) is 9.78 Å². The highest BCUT2D eigenvalue weighted by Crippen LogP contribution is 2.29. The Bertz CT molecular complexity index is 815. The van der Waals surface area contributed by atoms with Gasteiger partial charge in [0.1, 0.15) is 17.5 Å². The molecule has 23 heavy (non-hydrogen) atoms. The number of halogens is 3. The second kappa shape index (κ2) is 6.86. The molecule has 0 N–H and O–H groups in total. The van der Waals surface area contributed by atoms with Crippen molar-refractivity contribution >= 4 is 10.9 Å². The van der Waals surface area contributed by atoms with E-state index in [0.717, 1.165) is 12.1 Å². The van der Waals surface area contributed by atoms with Crippen LogP contribution in [0.15, 0.2) is 30.5 Å². The highest BCUT2D eigenvalue weighted by molar-refractivity contribution is 5.84. The van der Waals surface area contributed by atoms with Crippen LogP contribution in [-0.4, -0.2) is 9.78 Å². The molecule has 0 fully saturated rings. The third-order valence-corrected chi connectivity index (χ3v) is 3.30. The van der Waals surface area contributed by atoms with E-state index in [1.165, 1.54) is 19.4 Å². The van der Waals surface area contributed by atoms with Crippen molar-refractivity contribution in [3.05, 3.63) is 53.5 Å². The number of hydrogen-bond donors (Lipinski definition) is 0. The van der Waals surface area contributed by atoms with Crippen molar-refractivity contribution in [2.75, 3.05) is 0 Å². The van der Waals surface area contributed by atoms with Crippen LogP contribution in [0.2, 0.25) is 0 Å². The van der Waals surface area contributed by atoms with Gasteiger partial charge in [-0.1, -0.05) is 20.3 Å². The normalized spacial score (nSPS) is 10.6. The number of rotatable bonds is 1. The van der Waals surface area contributed by atoms with Crippen LogP contribution < -0.4 is 0 Å². The molecule has 3 aromatic rings. The van der Waals surface area contributed by atoms with E-state index in [9.17, 15) is 13.2 Å². The van der Waals surface area contributed by atoms with Crippen LogP contribution in [0, 0.1) is 24.4 Å². The van der Waals surface area contributed by atoms with Crippen molar-refractivity contribution in [3.63, 3.8) is 0 Å². The van der Waals surface area contributed by atoms with E-state index in [1.807, 2.05) is 0 Å². The molecule has 0 bridgehead atoms. The number of benzene rings is 2. The summed E-state index contributed by atoms with van der Waals surface area (Å²) in [5.41, 5.74) is 0.760. The van der Waals surface area contributed by atoms with Crippen molar-refractivity contribution in [3.8, 4) is 11.1 Å². The zero-order chi connectivity index (χ0) is 17.1. The SMILES string of the molecule is CCC.Cc1c(F)cc(-c2cc3cn(C)nc3cc2F)cc1F. The number of fused-ring (bicyclic) bond motifs is 1. The second-order valence-electron chi connectivity index (χ2n) is 5.47. The Labute approximate surface area is 133 Å². The van der Waals surface area contributed by atoms with Gasteiger partial charge in [-0.3, -0.25) is 4.68 Å². The van der Waals surface area contributed by atoms with E-state index in [0.29, 0.717) is 10.9 Å². The summed E-state index contributed by atoms with van der Waals surface area (Å²) < 4.78 is 42.8. The summed E-state index contributed by atoms with van der Waals surface area (Å²) in [6, 6.07) is 5.08. The standard InChI is InChI=1S/C15H11F3N2.C3H8/c1-8-12(16)4-9(5-13(8)17)11-3-10-7-20(2)19-15(10)6-14(11)18;1-3-2/h3-7H,1-2H3;3H2,1-2H3. The molecular formula is C18H19F3N2. The summed E-state index contributed by atoms with van der Waals surface area (Å²) in [7, 11) is 1.72. The van der Waals surface area contributed by atoms with Gasteiger partial charge in [0, 0.05) is 35.8 Å². The molecule has 0 amide bonds. The Balaban J connectivity index is 0.000000595. The Kier molecular flexibility index (Phi) is 5.08. The van der Waals surface area contributed by atoms with Gasteiger partial charge in [-0.15, -0.1) is 0 Å². The Morgan fingerprint density at radius 1 is 0.957 bits per heavy atom. The highest BCUT2D eigenvalue weighted by Gasteiger charge is 2.13. The maximum Gasteiger partial charge on any atom is 0.133 e. The first-order chi connectivity index (χ1) is 10.9. The zero-order valence-corrected chi connectivity index (χ0v) is 13.6. The monoisotopic (exact) mass is 320 g/mol. The van der Waals surface area contributed by atoms with Crippen LogP contribution in [0.3, 0.4) is 0 Å². The average Bonchev–Trinajstić information content (AvgIpc) is 2.83. The molecule has 5 heteroatoms. The average molecular weight is 320 g/mol. The van der Waals surface area contributed by atoms with Crippen LogP contribution in [-0.2, 0) is 7.05 Å². The zero-order valence-electron chi connectivity index (χ0n) is 13.6. The van der Waals surface area contributed by atoms with Gasteiger partial charge < -0.3 is 0 Å². The molecule has 0 unspecified atom stereocenters. The largest absolute Gasteiger partial charge is 0.275 e. The van der Waals surface area contributed by atoms with Crippen LogP contribution in [0.5, 0.6) is 0 Å². The Morgan fingerprint density at radius 3 is 2.09 bits per heavy atom. The first-order valence-electron chi connectivity index (χ1n) is 7.46. The van der Waals surface area contributed by atoms with E-state index in [4.69, 9.17) is 0 Å². The van der Waals surface area contributed by atoms with E-state index in [2.05, 4.69) is 18.9 Å². The second-order valence-corrected chi connectivity index (χ2v) is 5.47. The molecule has 1 heterocycles. The predicted octanol–water partition coefficient (Wildman–Crippen LogP) is 5.38. The molecule has 0 radical (unpaired) electrons. The van der Waals surface area contributed by atoms with Crippen molar-refractivity contribution in [1.29, 1.82) is 0 Å². The third-order valence-electron chi connectivity index (χ3n) is 3.30. The summed E-state index contributed by atoms with van der Waals surface area (Å²) >= 11 is 0. The quantitative estimate of drug-likeness (QED) is 0.588. The molecule has 0 spiro atoms. The Hall–Kier alpha value is -2.30. The Morgan fingerprint density at radius 2 is 1.52 bits per heavy atom. The first-order valence-corrected chi connectivity index (χ1v) is 7.46. The van der Waals surface area contributed by atoms with Gasteiger partial charge in [0.05, 0.1) is 5.52 Å². The van der Waals surface area contributed by atoms with Gasteiger partial charge in [-0.25, -0.2) is 13.2 Å².